The maximum absolute atomic E-state index is 12.6. The molecule has 1 aromatic heterocycles. The van der Waals surface area contributed by atoms with Gasteiger partial charge in [0, 0.05) is 17.0 Å². The summed E-state index contributed by atoms with van der Waals surface area (Å²) in [5, 5.41) is 2.94. The first-order chi connectivity index (χ1) is 12.2. The first kappa shape index (κ1) is 17.0. The van der Waals surface area contributed by atoms with Crippen molar-refractivity contribution in [3.05, 3.63) is 71.1 Å². The highest BCUT2D eigenvalue weighted by molar-refractivity contribution is 7.17. The summed E-state index contributed by atoms with van der Waals surface area (Å²) in [6.45, 7) is 0.393. The molecular weight excluding hydrogens is 334 g/mol. The maximum Gasteiger partial charge on any atom is 0.265 e. The summed E-state index contributed by atoms with van der Waals surface area (Å²) in [7, 11) is 3.20. The standard InChI is InChI=1S/C20H19NO3S/c1-23-16-11-7-6-10-15(16)13-21-20(22)19-17(24-2)12-18(25-19)14-8-4-3-5-9-14/h3-12H,13H2,1-2H3,(H,21,22). The van der Waals surface area contributed by atoms with Crippen LogP contribution in [0.15, 0.2) is 60.7 Å². The van der Waals surface area contributed by atoms with Crippen molar-refractivity contribution >= 4 is 17.2 Å². The number of para-hydroxylation sites is 1. The lowest BCUT2D eigenvalue weighted by Gasteiger charge is -2.09. The number of carbonyl (C=O) groups excluding carboxylic acids is 1. The number of hydrogen-bond acceptors (Lipinski definition) is 4. The van der Waals surface area contributed by atoms with Crippen LogP contribution in [-0.2, 0) is 6.54 Å². The van der Waals surface area contributed by atoms with Gasteiger partial charge in [0.15, 0.2) is 0 Å². The minimum atomic E-state index is -0.157. The highest BCUT2D eigenvalue weighted by Gasteiger charge is 2.18. The molecule has 0 aliphatic carbocycles. The third-order valence-electron chi connectivity index (χ3n) is 3.81. The number of methoxy groups -OCH3 is 2. The van der Waals surface area contributed by atoms with Crippen molar-refractivity contribution in [3.63, 3.8) is 0 Å². The van der Waals surface area contributed by atoms with E-state index in [2.05, 4.69) is 5.32 Å². The molecule has 2 aromatic carbocycles. The van der Waals surface area contributed by atoms with E-state index in [1.165, 1.54) is 11.3 Å². The monoisotopic (exact) mass is 353 g/mol. The molecule has 1 amide bonds. The number of thiophene rings is 1. The predicted molar refractivity (Wildman–Crippen MR) is 100 cm³/mol. The van der Waals surface area contributed by atoms with E-state index in [0.29, 0.717) is 17.2 Å². The maximum atomic E-state index is 12.6. The molecule has 0 aliphatic heterocycles. The van der Waals surface area contributed by atoms with Crippen LogP contribution in [0.1, 0.15) is 15.2 Å². The number of rotatable bonds is 6. The second-order valence-electron chi connectivity index (χ2n) is 5.37. The fraction of sp³-hybridized carbons (Fsp3) is 0.150. The van der Waals surface area contributed by atoms with E-state index in [0.717, 1.165) is 21.8 Å². The summed E-state index contributed by atoms with van der Waals surface area (Å²) in [4.78, 5) is 14.2. The quantitative estimate of drug-likeness (QED) is 0.716. The smallest absolute Gasteiger partial charge is 0.265 e. The van der Waals surface area contributed by atoms with E-state index in [4.69, 9.17) is 9.47 Å². The average Bonchev–Trinajstić information content (AvgIpc) is 3.11. The lowest BCUT2D eigenvalue weighted by Crippen LogP contribution is -2.22. The molecule has 0 radical (unpaired) electrons. The van der Waals surface area contributed by atoms with Gasteiger partial charge in [0.25, 0.3) is 5.91 Å². The van der Waals surface area contributed by atoms with Gasteiger partial charge in [0.2, 0.25) is 0 Å². The van der Waals surface area contributed by atoms with Crippen molar-refractivity contribution in [2.45, 2.75) is 6.54 Å². The number of ether oxygens (including phenoxy) is 2. The molecule has 0 unspecified atom stereocenters. The molecule has 1 heterocycles. The van der Waals surface area contributed by atoms with E-state index in [1.807, 2.05) is 60.7 Å². The number of hydrogen-bond donors (Lipinski definition) is 1. The Bertz CT molecular complexity index is 858. The van der Waals surface area contributed by atoms with Crippen molar-refractivity contribution in [1.82, 2.24) is 5.32 Å². The Kier molecular flexibility index (Phi) is 5.36. The van der Waals surface area contributed by atoms with Gasteiger partial charge in [-0.25, -0.2) is 0 Å². The van der Waals surface area contributed by atoms with Gasteiger partial charge in [-0.05, 0) is 17.7 Å². The van der Waals surface area contributed by atoms with Gasteiger partial charge < -0.3 is 14.8 Å². The Balaban J connectivity index is 1.79. The summed E-state index contributed by atoms with van der Waals surface area (Å²) in [5.74, 6) is 1.18. The van der Waals surface area contributed by atoms with E-state index in [-0.39, 0.29) is 5.91 Å². The molecule has 0 aliphatic rings. The number of nitrogens with one attached hydrogen (secondary N) is 1. The Morgan fingerprint density at radius 1 is 0.960 bits per heavy atom. The van der Waals surface area contributed by atoms with E-state index < -0.39 is 0 Å². The van der Waals surface area contributed by atoms with Gasteiger partial charge in [-0.15, -0.1) is 11.3 Å². The van der Waals surface area contributed by atoms with E-state index in [1.54, 1.807) is 14.2 Å². The molecule has 25 heavy (non-hydrogen) atoms. The minimum absolute atomic E-state index is 0.157. The lowest BCUT2D eigenvalue weighted by molar-refractivity contribution is 0.0952. The van der Waals surface area contributed by atoms with Crippen molar-refractivity contribution < 1.29 is 14.3 Å². The molecule has 0 saturated carbocycles. The summed E-state index contributed by atoms with van der Waals surface area (Å²) in [5.41, 5.74) is 1.99. The molecule has 0 atom stereocenters. The van der Waals surface area contributed by atoms with Gasteiger partial charge in [0.1, 0.15) is 16.4 Å². The van der Waals surface area contributed by atoms with Crippen molar-refractivity contribution in [1.29, 1.82) is 0 Å². The molecule has 3 rings (SSSR count). The second-order valence-corrected chi connectivity index (χ2v) is 6.42. The van der Waals surface area contributed by atoms with E-state index >= 15 is 0 Å². The number of carbonyl (C=O) groups is 1. The number of benzene rings is 2. The minimum Gasteiger partial charge on any atom is -0.496 e. The van der Waals surface area contributed by atoms with Crippen molar-refractivity contribution in [2.24, 2.45) is 0 Å². The second kappa shape index (κ2) is 7.85. The molecule has 1 N–H and O–H groups in total. The fourth-order valence-corrected chi connectivity index (χ4v) is 3.58. The van der Waals surface area contributed by atoms with Crippen LogP contribution in [0.5, 0.6) is 11.5 Å². The molecule has 0 spiro atoms. The molecule has 4 nitrogen and oxygen atoms in total. The SMILES string of the molecule is COc1ccccc1CNC(=O)c1sc(-c2ccccc2)cc1OC. The first-order valence-electron chi connectivity index (χ1n) is 7.86. The topological polar surface area (TPSA) is 47.6 Å². The Labute approximate surface area is 151 Å². The molecule has 0 bridgehead atoms. The van der Waals surface area contributed by atoms with Crippen LogP contribution in [0, 0.1) is 0 Å². The summed E-state index contributed by atoms with van der Waals surface area (Å²) >= 11 is 1.42. The normalized spacial score (nSPS) is 10.3. The van der Waals surface area contributed by atoms with Gasteiger partial charge >= 0.3 is 0 Å². The summed E-state index contributed by atoms with van der Waals surface area (Å²) in [6.07, 6.45) is 0. The van der Waals surface area contributed by atoms with E-state index in [9.17, 15) is 4.79 Å². The molecule has 128 valence electrons. The van der Waals surface area contributed by atoms with Crippen LogP contribution in [-0.4, -0.2) is 20.1 Å². The lowest BCUT2D eigenvalue weighted by atomic mass is 10.2. The van der Waals surface area contributed by atoms with Crippen LogP contribution < -0.4 is 14.8 Å². The molecule has 3 aromatic rings. The third kappa shape index (κ3) is 3.83. The van der Waals surface area contributed by atoms with Gasteiger partial charge in [-0.1, -0.05) is 48.5 Å². The van der Waals surface area contributed by atoms with Crippen LogP contribution in [0.3, 0.4) is 0 Å². The molecule has 5 heteroatoms. The van der Waals surface area contributed by atoms with Crippen LogP contribution >= 0.6 is 11.3 Å². The Morgan fingerprint density at radius 3 is 2.36 bits per heavy atom. The Morgan fingerprint density at radius 2 is 1.64 bits per heavy atom. The first-order valence-corrected chi connectivity index (χ1v) is 8.68. The Hall–Kier alpha value is -2.79. The van der Waals surface area contributed by atoms with Crippen molar-refractivity contribution in [3.8, 4) is 21.9 Å². The van der Waals surface area contributed by atoms with Crippen LogP contribution in [0.2, 0.25) is 0 Å². The zero-order valence-corrected chi connectivity index (χ0v) is 14.9. The fourth-order valence-electron chi connectivity index (χ4n) is 2.53. The average molecular weight is 353 g/mol. The highest BCUT2D eigenvalue weighted by atomic mass is 32.1. The van der Waals surface area contributed by atoms with Gasteiger partial charge in [-0.2, -0.15) is 0 Å². The zero-order valence-electron chi connectivity index (χ0n) is 14.1. The summed E-state index contributed by atoms with van der Waals surface area (Å²) in [6, 6.07) is 19.5. The van der Waals surface area contributed by atoms with Crippen molar-refractivity contribution in [2.75, 3.05) is 14.2 Å². The van der Waals surface area contributed by atoms with Crippen LogP contribution in [0.4, 0.5) is 0 Å². The largest absolute Gasteiger partial charge is 0.496 e. The van der Waals surface area contributed by atoms with Gasteiger partial charge in [0.05, 0.1) is 14.2 Å². The highest BCUT2D eigenvalue weighted by Crippen LogP contribution is 2.36. The van der Waals surface area contributed by atoms with Crippen LogP contribution in [0.25, 0.3) is 10.4 Å². The molecule has 0 saturated heterocycles. The summed E-state index contributed by atoms with van der Waals surface area (Å²) < 4.78 is 10.7. The predicted octanol–water partition coefficient (Wildman–Crippen LogP) is 4.36. The molecule has 0 fully saturated rings. The number of amides is 1. The molecular formula is C20H19NO3S. The van der Waals surface area contributed by atoms with Gasteiger partial charge in [-0.3, -0.25) is 4.79 Å². The zero-order chi connectivity index (χ0) is 17.6. The third-order valence-corrected chi connectivity index (χ3v) is 4.98.